The minimum Gasteiger partial charge on any atom is -0.496 e. The van der Waals surface area contributed by atoms with Gasteiger partial charge in [0.1, 0.15) is 5.75 Å². The van der Waals surface area contributed by atoms with Crippen molar-refractivity contribution in [1.29, 1.82) is 0 Å². The van der Waals surface area contributed by atoms with E-state index in [-0.39, 0.29) is 23.8 Å². The SMILES string of the molecule is COc1ccccc1CNC(=O)CCN(C(C)=O)C(C)(C)C. The Labute approximate surface area is 132 Å². The number of carbonyl (C=O) groups is 2. The van der Waals surface area contributed by atoms with E-state index in [1.165, 1.54) is 6.92 Å². The van der Waals surface area contributed by atoms with E-state index in [1.54, 1.807) is 12.0 Å². The molecule has 5 heteroatoms. The predicted molar refractivity (Wildman–Crippen MR) is 86.6 cm³/mol. The Morgan fingerprint density at radius 2 is 1.86 bits per heavy atom. The molecule has 22 heavy (non-hydrogen) atoms. The second kappa shape index (κ2) is 7.82. The first-order valence-electron chi connectivity index (χ1n) is 7.42. The largest absolute Gasteiger partial charge is 0.496 e. The Kier molecular flexibility index (Phi) is 6.40. The number of ether oxygens (including phenoxy) is 1. The van der Waals surface area contributed by atoms with Crippen molar-refractivity contribution in [3.63, 3.8) is 0 Å². The molecule has 1 N–H and O–H groups in total. The van der Waals surface area contributed by atoms with E-state index in [1.807, 2.05) is 45.0 Å². The molecular weight excluding hydrogens is 280 g/mol. The van der Waals surface area contributed by atoms with Crippen molar-refractivity contribution in [1.82, 2.24) is 10.2 Å². The number of nitrogens with zero attached hydrogens (tertiary/aromatic N) is 1. The smallest absolute Gasteiger partial charge is 0.222 e. The molecule has 0 bridgehead atoms. The molecule has 1 rings (SSSR count). The lowest BCUT2D eigenvalue weighted by Gasteiger charge is -2.34. The van der Waals surface area contributed by atoms with Gasteiger partial charge in [0, 0.05) is 37.5 Å². The summed E-state index contributed by atoms with van der Waals surface area (Å²) >= 11 is 0. The third-order valence-corrected chi connectivity index (χ3v) is 3.42. The van der Waals surface area contributed by atoms with Crippen LogP contribution in [0.4, 0.5) is 0 Å². The molecule has 0 radical (unpaired) electrons. The van der Waals surface area contributed by atoms with Crippen LogP contribution < -0.4 is 10.1 Å². The maximum absolute atomic E-state index is 12.0. The van der Waals surface area contributed by atoms with Gasteiger partial charge >= 0.3 is 0 Å². The minimum atomic E-state index is -0.283. The standard InChI is InChI=1S/C17H26N2O3/c1-13(20)19(17(2,3)4)11-10-16(21)18-12-14-8-6-7-9-15(14)22-5/h6-9H,10-12H2,1-5H3,(H,18,21). The molecule has 0 saturated heterocycles. The van der Waals surface area contributed by atoms with Gasteiger partial charge in [-0.05, 0) is 26.8 Å². The van der Waals surface area contributed by atoms with E-state index in [0.29, 0.717) is 13.1 Å². The Bertz CT molecular complexity index is 521. The highest BCUT2D eigenvalue weighted by Crippen LogP contribution is 2.17. The molecule has 1 aromatic rings. The van der Waals surface area contributed by atoms with Gasteiger partial charge < -0.3 is 15.0 Å². The summed E-state index contributed by atoms with van der Waals surface area (Å²) in [4.78, 5) is 25.3. The first-order valence-corrected chi connectivity index (χ1v) is 7.42. The van der Waals surface area contributed by atoms with Crippen molar-refractivity contribution in [3.05, 3.63) is 29.8 Å². The fraction of sp³-hybridized carbons (Fsp3) is 0.529. The number of para-hydroxylation sites is 1. The summed E-state index contributed by atoms with van der Waals surface area (Å²) in [5, 5.41) is 2.86. The lowest BCUT2D eigenvalue weighted by Crippen LogP contribution is -2.46. The average molecular weight is 306 g/mol. The van der Waals surface area contributed by atoms with Gasteiger partial charge in [-0.3, -0.25) is 9.59 Å². The van der Waals surface area contributed by atoms with Crippen LogP contribution in [0.2, 0.25) is 0 Å². The quantitative estimate of drug-likeness (QED) is 0.877. The number of hydrogen-bond acceptors (Lipinski definition) is 3. The number of carbonyl (C=O) groups excluding carboxylic acids is 2. The number of hydrogen-bond donors (Lipinski definition) is 1. The van der Waals surface area contributed by atoms with Crippen molar-refractivity contribution >= 4 is 11.8 Å². The van der Waals surface area contributed by atoms with Crippen LogP contribution in [0.15, 0.2) is 24.3 Å². The molecule has 0 atom stereocenters. The molecule has 5 nitrogen and oxygen atoms in total. The van der Waals surface area contributed by atoms with E-state index < -0.39 is 0 Å². The van der Waals surface area contributed by atoms with E-state index in [0.717, 1.165) is 11.3 Å². The second-order valence-corrected chi connectivity index (χ2v) is 6.18. The summed E-state index contributed by atoms with van der Waals surface area (Å²) < 4.78 is 5.25. The topological polar surface area (TPSA) is 58.6 Å². The Balaban J connectivity index is 2.51. The Hall–Kier alpha value is -2.04. The first kappa shape index (κ1) is 18.0. The van der Waals surface area contributed by atoms with Gasteiger partial charge in [-0.1, -0.05) is 18.2 Å². The Morgan fingerprint density at radius 3 is 2.41 bits per heavy atom. The van der Waals surface area contributed by atoms with Crippen LogP contribution in [0.25, 0.3) is 0 Å². The zero-order valence-corrected chi connectivity index (χ0v) is 14.1. The van der Waals surface area contributed by atoms with E-state index >= 15 is 0 Å². The maximum atomic E-state index is 12.0. The van der Waals surface area contributed by atoms with Crippen molar-refractivity contribution < 1.29 is 14.3 Å². The highest BCUT2D eigenvalue weighted by molar-refractivity contribution is 5.78. The van der Waals surface area contributed by atoms with E-state index in [2.05, 4.69) is 5.32 Å². The number of benzene rings is 1. The molecule has 0 aromatic heterocycles. The van der Waals surface area contributed by atoms with E-state index in [4.69, 9.17) is 4.74 Å². The van der Waals surface area contributed by atoms with Gasteiger partial charge in [-0.2, -0.15) is 0 Å². The summed E-state index contributed by atoms with van der Waals surface area (Å²) in [6.45, 7) is 8.23. The monoisotopic (exact) mass is 306 g/mol. The number of amides is 2. The van der Waals surface area contributed by atoms with Crippen molar-refractivity contribution in [2.24, 2.45) is 0 Å². The van der Waals surface area contributed by atoms with Crippen LogP contribution in [0.5, 0.6) is 5.75 Å². The third-order valence-electron chi connectivity index (χ3n) is 3.42. The van der Waals surface area contributed by atoms with Crippen LogP contribution in [0.1, 0.15) is 39.7 Å². The maximum Gasteiger partial charge on any atom is 0.222 e. The van der Waals surface area contributed by atoms with E-state index in [9.17, 15) is 9.59 Å². The molecule has 0 aliphatic heterocycles. The number of nitrogens with one attached hydrogen (secondary N) is 1. The average Bonchev–Trinajstić information content (AvgIpc) is 2.43. The molecule has 0 aliphatic rings. The molecule has 0 aliphatic carbocycles. The van der Waals surface area contributed by atoms with Gasteiger partial charge in [-0.25, -0.2) is 0 Å². The summed E-state index contributed by atoms with van der Waals surface area (Å²) in [7, 11) is 1.61. The lowest BCUT2D eigenvalue weighted by atomic mass is 10.1. The normalized spacial score (nSPS) is 11.0. The molecule has 1 aromatic carbocycles. The highest BCUT2D eigenvalue weighted by Gasteiger charge is 2.23. The van der Waals surface area contributed by atoms with Crippen molar-refractivity contribution in [3.8, 4) is 5.75 Å². The summed E-state index contributed by atoms with van der Waals surface area (Å²) in [5.74, 6) is 0.647. The Morgan fingerprint density at radius 1 is 1.23 bits per heavy atom. The molecule has 0 fully saturated rings. The third kappa shape index (κ3) is 5.39. The second-order valence-electron chi connectivity index (χ2n) is 6.18. The summed E-state index contributed by atoms with van der Waals surface area (Å²) in [6.07, 6.45) is 0.284. The fourth-order valence-electron chi connectivity index (χ4n) is 2.31. The summed E-state index contributed by atoms with van der Waals surface area (Å²) in [6, 6.07) is 7.56. The molecule has 122 valence electrons. The lowest BCUT2D eigenvalue weighted by molar-refractivity contribution is -0.134. The van der Waals surface area contributed by atoms with Crippen molar-refractivity contribution in [2.45, 2.75) is 46.2 Å². The highest BCUT2D eigenvalue weighted by atomic mass is 16.5. The number of methoxy groups -OCH3 is 1. The fourth-order valence-corrected chi connectivity index (χ4v) is 2.31. The van der Waals surface area contributed by atoms with Crippen LogP contribution in [-0.4, -0.2) is 35.9 Å². The molecule has 2 amide bonds. The van der Waals surface area contributed by atoms with Gasteiger partial charge in [0.25, 0.3) is 0 Å². The van der Waals surface area contributed by atoms with Crippen molar-refractivity contribution in [2.75, 3.05) is 13.7 Å². The molecular formula is C17H26N2O3. The zero-order chi connectivity index (χ0) is 16.8. The predicted octanol–water partition coefficient (Wildman–Crippen LogP) is 2.35. The zero-order valence-electron chi connectivity index (χ0n) is 14.1. The van der Waals surface area contributed by atoms with Gasteiger partial charge in [0.2, 0.25) is 11.8 Å². The van der Waals surface area contributed by atoms with Gasteiger partial charge in [0.15, 0.2) is 0 Å². The molecule has 0 spiro atoms. The van der Waals surface area contributed by atoms with Crippen LogP contribution in [0, 0.1) is 0 Å². The summed E-state index contributed by atoms with van der Waals surface area (Å²) in [5.41, 5.74) is 0.645. The van der Waals surface area contributed by atoms with Gasteiger partial charge in [0.05, 0.1) is 7.11 Å². The number of rotatable bonds is 6. The molecule has 0 saturated carbocycles. The van der Waals surface area contributed by atoms with Crippen LogP contribution in [0.3, 0.4) is 0 Å². The van der Waals surface area contributed by atoms with Crippen LogP contribution >= 0.6 is 0 Å². The minimum absolute atomic E-state index is 0.0231. The van der Waals surface area contributed by atoms with Gasteiger partial charge in [-0.15, -0.1) is 0 Å². The molecule has 0 unspecified atom stereocenters. The first-order chi connectivity index (χ1) is 10.3. The van der Waals surface area contributed by atoms with Crippen LogP contribution in [-0.2, 0) is 16.1 Å². The molecule has 0 heterocycles.